The van der Waals surface area contributed by atoms with Crippen LogP contribution in [0.3, 0.4) is 0 Å². The van der Waals surface area contributed by atoms with Crippen LogP contribution in [0.1, 0.15) is 16.8 Å². The van der Waals surface area contributed by atoms with E-state index in [1.807, 2.05) is 31.2 Å². The van der Waals surface area contributed by atoms with Crippen molar-refractivity contribution in [1.29, 1.82) is 0 Å². The van der Waals surface area contributed by atoms with Crippen LogP contribution in [0.4, 0.5) is 13.2 Å². The molecular formula is C20H15F3N2O3S. The molecule has 0 radical (unpaired) electrons. The van der Waals surface area contributed by atoms with Gasteiger partial charge in [-0.05, 0) is 30.2 Å². The molecule has 5 nitrogen and oxygen atoms in total. The second-order valence-corrected chi connectivity index (χ2v) is 7.15. The number of ether oxygens (including phenoxy) is 3. The first kappa shape index (κ1) is 19.4. The van der Waals surface area contributed by atoms with E-state index in [4.69, 9.17) is 14.2 Å². The lowest BCUT2D eigenvalue weighted by Gasteiger charge is -2.11. The summed E-state index contributed by atoms with van der Waals surface area (Å²) in [6.45, 7) is 2.03. The molecule has 29 heavy (non-hydrogen) atoms. The average molecular weight is 420 g/mol. The monoisotopic (exact) mass is 420 g/mol. The third kappa shape index (κ3) is 4.56. The SMILES string of the molecule is Cc1ccccc1CSc1nc(Oc2ccc3c(c2)OCO3)cc(C(F)(F)F)n1. The lowest BCUT2D eigenvalue weighted by atomic mass is 10.1. The highest BCUT2D eigenvalue weighted by molar-refractivity contribution is 7.98. The van der Waals surface area contributed by atoms with Gasteiger partial charge in [-0.15, -0.1) is 0 Å². The Kier molecular flexibility index (Phi) is 5.23. The molecule has 1 aromatic heterocycles. The van der Waals surface area contributed by atoms with E-state index in [2.05, 4.69) is 9.97 Å². The lowest BCUT2D eigenvalue weighted by Crippen LogP contribution is -2.10. The lowest BCUT2D eigenvalue weighted by molar-refractivity contribution is -0.141. The zero-order chi connectivity index (χ0) is 20.4. The summed E-state index contributed by atoms with van der Waals surface area (Å²) in [5.74, 6) is 1.54. The molecule has 0 fully saturated rings. The normalized spacial score (nSPS) is 12.8. The van der Waals surface area contributed by atoms with E-state index < -0.39 is 11.9 Å². The molecular weight excluding hydrogens is 405 g/mol. The fraction of sp³-hybridized carbons (Fsp3) is 0.200. The van der Waals surface area contributed by atoms with Gasteiger partial charge in [0.1, 0.15) is 5.75 Å². The highest BCUT2D eigenvalue weighted by atomic mass is 32.2. The first-order valence-electron chi connectivity index (χ1n) is 8.59. The minimum absolute atomic E-state index is 0.0150. The van der Waals surface area contributed by atoms with Gasteiger partial charge in [0.25, 0.3) is 0 Å². The minimum atomic E-state index is -4.62. The smallest absolute Gasteiger partial charge is 0.433 e. The number of hydrogen-bond acceptors (Lipinski definition) is 6. The van der Waals surface area contributed by atoms with Crippen molar-refractivity contribution in [2.75, 3.05) is 6.79 Å². The summed E-state index contributed by atoms with van der Waals surface area (Å²) in [7, 11) is 0. The maximum Gasteiger partial charge on any atom is 0.433 e. The zero-order valence-corrected chi connectivity index (χ0v) is 16.0. The van der Waals surface area contributed by atoms with E-state index in [0.29, 0.717) is 17.3 Å². The first-order chi connectivity index (χ1) is 13.9. The van der Waals surface area contributed by atoms with Crippen molar-refractivity contribution in [2.24, 2.45) is 0 Å². The van der Waals surface area contributed by atoms with Gasteiger partial charge >= 0.3 is 6.18 Å². The molecule has 3 aromatic rings. The zero-order valence-electron chi connectivity index (χ0n) is 15.2. The summed E-state index contributed by atoms with van der Waals surface area (Å²) in [4.78, 5) is 7.79. The largest absolute Gasteiger partial charge is 0.454 e. The maximum atomic E-state index is 13.3. The highest BCUT2D eigenvalue weighted by Gasteiger charge is 2.34. The molecule has 150 valence electrons. The Labute approximate surface area is 168 Å². The van der Waals surface area contributed by atoms with Crippen LogP contribution in [0.2, 0.25) is 0 Å². The average Bonchev–Trinajstić information content (AvgIpc) is 3.14. The van der Waals surface area contributed by atoms with Gasteiger partial charge in [0.15, 0.2) is 22.3 Å². The number of aryl methyl sites for hydroxylation is 1. The molecule has 0 atom stereocenters. The van der Waals surface area contributed by atoms with Crippen molar-refractivity contribution in [3.05, 3.63) is 65.4 Å². The molecule has 1 aliphatic heterocycles. The van der Waals surface area contributed by atoms with Crippen molar-refractivity contribution >= 4 is 11.8 Å². The molecule has 1 aliphatic rings. The number of hydrogen-bond donors (Lipinski definition) is 0. The van der Waals surface area contributed by atoms with E-state index in [-0.39, 0.29) is 23.6 Å². The Balaban J connectivity index is 1.59. The molecule has 0 spiro atoms. The molecule has 0 N–H and O–H groups in total. The minimum Gasteiger partial charge on any atom is -0.454 e. The van der Waals surface area contributed by atoms with Gasteiger partial charge in [-0.1, -0.05) is 36.0 Å². The van der Waals surface area contributed by atoms with Gasteiger partial charge in [0.05, 0.1) is 0 Å². The molecule has 0 saturated carbocycles. The Morgan fingerprint density at radius 3 is 2.62 bits per heavy atom. The summed E-state index contributed by atoms with van der Waals surface area (Å²) in [5, 5.41) is -0.0150. The van der Waals surface area contributed by atoms with E-state index >= 15 is 0 Å². The standard InChI is InChI=1S/C20H15F3N2O3S/c1-12-4-2-3-5-13(12)10-29-19-24-17(20(21,22)23)9-18(25-19)28-14-6-7-15-16(8-14)27-11-26-15/h2-9H,10-11H2,1H3. The number of nitrogens with zero attached hydrogens (tertiary/aromatic N) is 2. The predicted octanol–water partition coefficient (Wildman–Crippen LogP) is 5.62. The number of benzene rings is 2. The topological polar surface area (TPSA) is 53.5 Å². The summed E-state index contributed by atoms with van der Waals surface area (Å²) < 4.78 is 55.9. The van der Waals surface area contributed by atoms with Crippen LogP contribution in [0.5, 0.6) is 23.1 Å². The predicted molar refractivity (Wildman–Crippen MR) is 100 cm³/mol. The molecule has 2 heterocycles. The third-order valence-electron chi connectivity index (χ3n) is 4.16. The van der Waals surface area contributed by atoms with Crippen molar-refractivity contribution in [3.63, 3.8) is 0 Å². The first-order valence-corrected chi connectivity index (χ1v) is 9.58. The van der Waals surface area contributed by atoms with Gasteiger partial charge in [0, 0.05) is 17.9 Å². The van der Waals surface area contributed by atoms with Crippen LogP contribution in [0.15, 0.2) is 53.7 Å². The summed E-state index contributed by atoms with van der Waals surface area (Å²) in [6, 6.07) is 13.2. The van der Waals surface area contributed by atoms with Crippen LogP contribution in [0, 0.1) is 6.92 Å². The molecule has 0 amide bonds. The van der Waals surface area contributed by atoms with Gasteiger partial charge in [-0.25, -0.2) is 4.98 Å². The summed E-state index contributed by atoms with van der Waals surface area (Å²) in [6.07, 6.45) is -4.62. The van der Waals surface area contributed by atoms with E-state index in [1.165, 1.54) is 6.07 Å². The van der Waals surface area contributed by atoms with Crippen molar-refractivity contribution in [2.45, 2.75) is 24.0 Å². The summed E-state index contributed by atoms with van der Waals surface area (Å²) in [5.41, 5.74) is 0.982. The third-order valence-corrected chi connectivity index (χ3v) is 5.05. The van der Waals surface area contributed by atoms with Crippen molar-refractivity contribution in [3.8, 4) is 23.1 Å². The van der Waals surface area contributed by atoms with Gasteiger partial charge in [-0.2, -0.15) is 18.2 Å². The number of fused-ring (bicyclic) bond motifs is 1. The van der Waals surface area contributed by atoms with Crippen LogP contribution in [-0.2, 0) is 11.9 Å². The Hall–Kier alpha value is -2.94. The van der Waals surface area contributed by atoms with Gasteiger partial charge in [0.2, 0.25) is 12.7 Å². The second kappa shape index (κ2) is 7.82. The van der Waals surface area contributed by atoms with E-state index in [1.54, 1.807) is 12.1 Å². The molecule has 0 bridgehead atoms. The molecule has 0 saturated heterocycles. The van der Waals surface area contributed by atoms with Crippen LogP contribution in [0.25, 0.3) is 0 Å². The maximum absolute atomic E-state index is 13.3. The number of alkyl halides is 3. The number of aromatic nitrogens is 2. The molecule has 4 rings (SSSR count). The fourth-order valence-corrected chi connectivity index (χ4v) is 3.57. The molecule has 0 unspecified atom stereocenters. The van der Waals surface area contributed by atoms with Crippen molar-refractivity contribution in [1.82, 2.24) is 9.97 Å². The van der Waals surface area contributed by atoms with Crippen molar-refractivity contribution < 1.29 is 27.4 Å². The Bertz CT molecular complexity index is 1040. The molecule has 2 aromatic carbocycles. The number of halogens is 3. The highest BCUT2D eigenvalue weighted by Crippen LogP contribution is 2.38. The molecule has 9 heteroatoms. The summed E-state index contributed by atoms with van der Waals surface area (Å²) >= 11 is 1.12. The second-order valence-electron chi connectivity index (χ2n) is 6.20. The van der Waals surface area contributed by atoms with E-state index in [9.17, 15) is 13.2 Å². The Morgan fingerprint density at radius 1 is 1.03 bits per heavy atom. The van der Waals surface area contributed by atoms with Gasteiger partial charge < -0.3 is 14.2 Å². The van der Waals surface area contributed by atoms with E-state index in [0.717, 1.165) is 29.0 Å². The van der Waals surface area contributed by atoms with Crippen LogP contribution >= 0.6 is 11.8 Å². The Morgan fingerprint density at radius 2 is 1.83 bits per heavy atom. The van der Waals surface area contributed by atoms with Crippen LogP contribution < -0.4 is 14.2 Å². The number of thioether (sulfide) groups is 1. The molecule has 0 aliphatic carbocycles. The van der Waals surface area contributed by atoms with Gasteiger partial charge in [-0.3, -0.25) is 0 Å². The quantitative estimate of drug-likeness (QED) is 0.395. The fourth-order valence-electron chi connectivity index (χ4n) is 2.64. The number of rotatable bonds is 5. The van der Waals surface area contributed by atoms with Crippen LogP contribution in [-0.4, -0.2) is 16.8 Å².